The normalized spacial score (nSPS) is 17.6. The molecule has 0 aromatic heterocycles. The van der Waals surface area contributed by atoms with E-state index in [0.29, 0.717) is 25.1 Å². The van der Waals surface area contributed by atoms with E-state index >= 15 is 0 Å². The van der Waals surface area contributed by atoms with E-state index in [1.807, 2.05) is 86.6 Å². The largest absolute Gasteiger partial charge is 0.497 e. The van der Waals surface area contributed by atoms with Gasteiger partial charge in [-0.3, -0.25) is 9.59 Å². The molecule has 1 heterocycles. The average Bonchev–Trinajstić information content (AvgIpc) is 2.81. The highest BCUT2D eigenvalue weighted by Gasteiger charge is 2.46. The second-order valence-electron chi connectivity index (χ2n) is 8.52. The molecule has 2 amide bonds. The first-order valence-electron chi connectivity index (χ1n) is 10.8. The van der Waals surface area contributed by atoms with Crippen molar-refractivity contribution >= 4 is 11.8 Å². The third kappa shape index (κ3) is 4.24. The summed E-state index contributed by atoms with van der Waals surface area (Å²) < 4.78 is 5.24. The molecule has 0 radical (unpaired) electrons. The van der Waals surface area contributed by atoms with Crippen molar-refractivity contribution in [3.63, 3.8) is 0 Å². The number of nitrogens with one attached hydrogen (secondary N) is 1. The molecule has 3 aromatic rings. The van der Waals surface area contributed by atoms with Crippen LogP contribution in [0.4, 0.5) is 0 Å². The standard InChI is InChI=1S/C27H28N2O3/c1-19-8-10-20(11-9-19)17-28-26(31)27(2)16-22-6-4-5-7-24(22)25(30)29(27)18-21-12-14-23(32-3)15-13-21/h4-15H,16-18H2,1-3H3,(H,28,31). The van der Waals surface area contributed by atoms with E-state index in [1.165, 1.54) is 5.56 Å². The van der Waals surface area contributed by atoms with Gasteiger partial charge in [0.05, 0.1) is 7.11 Å². The summed E-state index contributed by atoms with van der Waals surface area (Å²) in [5.74, 6) is 0.466. The number of carbonyl (C=O) groups is 2. The highest BCUT2D eigenvalue weighted by Crippen LogP contribution is 2.33. The molecule has 3 aromatic carbocycles. The van der Waals surface area contributed by atoms with Gasteiger partial charge in [0, 0.05) is 25.1 Å². The molecular weight excluding hydrogens is 400 g/mol. The van der Waals surface area contributed by atoms with Crippen LogP contribution >= 0.6 is 0 Å². The van der Waals surface area contributed by atoms with E-state index in [0.717, 1.165) is 22.4 Å². The number of hydrogen-bond donors (Lipinski definition) is 1. The van der Waals surface area contributed by atoms with Crippen molar-refractivity contribution in [3.8, 4) is 5.75 Å². The van der Waals surface area contributed by atoms with Crippen LogP contribution in [0.2, 0.25) is 0 Å². The van der Waals surface area contributed by atoms with E-state index in [2.05, 4.69) is 5.32 Å². The molecule has 0 spiro atoms. The van der Waals surface area contributed by atoms with Crippen molar-refractivity contribution in [2.24, 2.45) is 0 Å². The Labute approximate surface area is 189 Å². The molecule has 1 aliphatic heterocycles. The van der Waals surface area contributed by atoms with Crippen LogP contribution in [0.5, 0.6) is 5.75 Å². The lowest BCUT2D eigenvalue weighted by Gasteiger charge is -2.44. The third-order valence-corrected chi connectivity index (χ3v) is 6.19. The molecule has 0 fully saturated rings. The fourth-order valence-electron chi connectivity index (χ4n) is 4.16. The fraction of sp³-hybridized carbons (Fsp3) is 0.259. The Bertz CT molecular complexity index is 1120. The second-order valence-corrected chi connectivity index (χ2v) is 8.52. The quantitative estimate of drug-likeness (QED) is 0.638. The molecule has 0 bridgehead atoms. The van der Waals surface area contributed by atoms with Crippen molar-refractivity contribution in [1.82, 2.24) is 10.2 Å². The van der Waals surface area contributed by atoms with Crippen LogP contribution < -0.4 is 10.1 Å². The molecule has 0 saturated heterocycles. The van der Waals surface area contributed by atoms with Crippen LogP contribution in [0, 0.1) is 6.92 Å². The van der Waals surface area contributed by atoms with Gasteiger partial charge in [0.15, 0.2) is 0 Å². The van der Waals surface area contributed by atoms with E-state index in [4.69, 9.17) is 4.74 Å². The number of fused-ring (bicyclic) bond motifs is 1. The molecule has 1 atom stereocenters. The Morgan fingerprint density at radius 1 is 1.00 bits per heavy atom. The van der Waals surface area contributed by atoms with Crippen molar-refractivity contribution < 1.29 is 14.3 Å². The third-order valence-electron chi connectivity index (χ3n) is 6.19. The second kappa shape index (κ2) is 8.87. The Morgan fingerprint density at radius 3 is 2.34 bits per heavy atom. The monoisotopic (exact) mass is 428 g/mol. The number of hydrogen-bond acceptors (Lipinski definition) is 3. The van der Waals surface area contributed by atoms with Gasteiger partial charge >= 0.3 is 0 Å². The zero-order valence-corrected chi connectivity index (χ0v) is 18.7. The number of aryl methyl sites for hydroxylation is 1. The van der Waals surface area contributed by atoms with Gasteiger partial charge in [-0.1, -0.05) is 60.2 Å². The number of amides is 2. The summed E-state index contributed by atoms with van der Waals surface area (Å²) in [6, 6.07) is 23.2. The van der Waals surface area contributed by atoms with E-state index in [9.17, 15) is 9.59 Å². The maximum absolute atomic E-state index is 13.5. The molecule has 5 heteroatoms. The van der Waals surface area contributed by atoms with Gasteiger partial charge in [-0.15, -0.1) is 0 Å². The predicted molar refractivity (Wildman–Crippen MR) is 124 cm³/mol. The summed E-state index contributed by atoms with van der Waals surface area (Å²) in [5.41, 5.74) is 3.69. The fourth-order valence-corrected chi connectivity index (χ4v) is 4.16. The number of methoxy groups -OCH3 is 1. The Morgan fingerprint density at radius 2 is 1.66 bits per heavy atom. The van der Waals surface area contributed by atoms with E-state index in [-0.39, 0.29) is 11.8 Å². The number of nitrogens with zero attached hydrogens (tertiary/aromatic N) is 1. The lowest BCUT2D eigenvalue weighted by Crippen LogP contribution is -2.62. The van der Waals surface area contributed by atoms with Gasteiger partial charge < -0.3 is 15.0 Å². The van der Waals surface area contributed by atoms with Gasteiger partial charge in [0.25, 0.3) is 5.91 Å². The number of carbonyl (C=O) groups excluding carboxylic acids is 2. The Balaban J connectivity index is 1.62. The summed E-state index contributed by atoms with van der Waals surface area (Å²) >= 11 is 0. The smallest absolute Gasteiger partial charge is 0.255 e. The van der Waals surface area contributed by atoms with Crippen molar-refractivity contribution in [3.05, 3.63) is 101 Å². The van der Waals surface area contributed by atoms with Crippen LogP contribution in [0.3, 0.4) is 0 Å². The van der Waals surface area contributed by atoms with Crippen LogP contribution in [-0.2, 0) is 24.3 Å². The van der Waals surface area contributed by atoms with Crippen molar-refractivity contribution in [1.29, 1.82) is 0 Å². The average molecular weight is 429 g/mol. The molecule has 1 aliphatic rings. The molecule has 1 unspecified atom stereocenters. The minimum absolute atomic E-state index is 0.129. The minimum atomic E-state index is -1.00. The lowest BCUT2D eigenvalue weighted by molar-refractivity contribution is -0.132. The topological polar surface area (TPSA) is 58.6 Å². The van der Waals surface area contributed by atoms with Crippen LogP contribution in [0.15, 0.2) is 72.8 Å². The molecule has 1 N–H and O–H groups in total. The van der Waals surface area contributed by atoms with Gasteiger partial charge in [0.1, 0.15) is 11.3 Å². The van der Waals surface area contributed by atoms with E-state index < -0.39 is 5.54 Å². The van der Waals surface area contributed by atoms with Gasteiger partial charge in [0.2, 0.25) is 5.91 Å². The molecule has 164 valence electrons. The Kier molecular flexibility index (Phi) is 5.99. The van der Waals surface area contributed by atoms with Crippen LogP contribution in [0.25, 0.3) is 0 Å². The highest BCUT2D eigenvalue weighted by molar-refractivity contribution is 6.02. The van der Waals surface area contributed by atoms with E-state index in [1.54, 1.807) is 12.0 Å². The SMILES string of the molecule is COc1ccc(CN2C(=O)c3ccccc3CC2(C)C(=O)NCc2ccc(C)cc2)cc1. The highest BCUT2D eigenvalue weighted by atomic mass is 16.5. The molecule has 32 heavy (non-hydrogen) atoms. The summed E-state index contributed by atoms with van der Waals surface area (Å²) in [7, 11) is 1.62. The molecule has 0 saturated carbocycles. The van der Waals surface area contributed by atoms with Crippen molar-refractivity contribution in [2.45, 2.75) is 38.9 Å². The number of rotatable bonds is 6. The molecule has 0 aliphatic carbocycles. The summed E-state index contributed by atoms with van der Waals surface area (Å²) in [4.78, 5) is 28.7. The van der Waals surface area contributed by atoms with Gasteiger partial charge in [-0.05, 0) is 48.7 Å². The lowest BCUT2D eigenvalue weighted by atomic mass is 9.82. The van der Waals surface area contributed by atoms with Gasteiger partial charge in [-0.25, -0.2) is 0 Å². The zero-order valence-electron chi connectivity index (χ0n) is 18.7. The summed E-state index contributed by atoms with van der Waals surface area (Å²) in [5, 5.41) is 3.06. The first-order valence-corrected chi connectivity index (χ1v) is 10.8. The minimum Gasteiger partial charge on any atom is -0.497 e. The van der Waals surface area contributed by atoms with Crippen LogP contribution in [0.1, 0.15) is 39.5 Å². The first kappa shape index (κ1) is 21.6. The number of benzene rings is 3. The Hall–Kier alpha value is -3.60. The number of ether oxygens (including phenoxy) is 1. The first-order chi connectivity index (χ1) is 15.4. The van der Waals surface area contributed by atoms with Gasteiger partial charge in [-0.2, -0.15) is 0 Å². The summed E-state index contributed by atoms with van der Waals surface area (Å²) in [6.07, 6.45) is 0.463. The molecule has 5 nitrogen and oxygen atoms in total. The molecular formula is C27H28N2O3. The van der Waals surface area contributed by atoms with Crippen molar-refractivity contribution in [2.75, 3.05) is 7.11 Å². The zero-order chi connectivity index (χ0) is 22.7. The maximum Gasteiger partial charge on any atom is 0.255 e. The molecule has 4 rings (SSSR count). The summed E-state index contributed by atoms with van der Waals surface area (Å²) in [6.45, 7) is 4.65. The predicted octanol–water partition coefficient (Wildman–Crippen LogP) is 4.28. The van der Waals surface area contributed by atoms with Crippen LogP contribution in [-0.4, -0.2) is 29.4 Å². The maximum atomic E-state index is 13.5.